The lowest BCUT2D eigenvalue weighted by Crippen LogP contribution is -2.28. The molecule has 4 aromatic rings. The molecule has 3 heterocycles. The number of carbonyl (C=O) groups is 2. The first-order chi connectivity index (χ1) is 23.7. The number of amides is 2. The van der Waals surface area contributed by atoms with E-state index in [-0.39, 0.29) is 29.8 Å². The summed E-state index contributed by atoms with van der Waals surface area (Å²) in [5.41, 5.74) is 10.8. The number of aryl methyl sites for hydroxylation is 1. The first kappa shape index (κ1) is 34.5. The van der Waals surface area contributed by atoms with Crippen molar-refractivity contribution in [2.45, 2.75) is 70.0 Å². The molecule has 0 radical (unpaired) electrons. The molecule has 1 saturated heterocycles. The molecular weight excluding hydrogens is 665 g/mol. The Bertz CT molecular complexity index is 1860. The summed E-state index contributed by atoms with van der Waals surface area (Å²) in [6.45, 7) is 0.442. The van der Waals surface area contributed by atoms with E-state index in [1.54, 1.807) is 26.6 Å². The molecule has 2 aliphatic rings. The van der Waals surface area contributed by atoms with Gasteiger partial charge in [0.05, 0.1) is 48.0 Å². The molecule has 2 fully saturated rings. The van der Waals surface area contributed by atoms with Crippen LogP contribution in [-0.4, -0.2) is 58.1 Å². The van der Waals surface area contributed by atoms with Gasteiger partial charge in [-0.15, -0.1) is 0 Å². The zero-order valence-electron chi connectivity index (χ0n) is 27.5. The average molecular weight is 705 g/mol. The maximum Gasteiger partial charge on any atom is 0.237 e. The van der Waals surface area contributed by atoms with Gasteiger partial charge < -0.3 is 25.8 Å². The molecule has 1 aliphatic carbocycles. The fourth-order valence-corrected chi connectivity index (χ4v) is 7.27. The van der Waals surface area contributed by atoms with E-state index in [1.165, 1.54) is 0 Å². The minimum atomic E-state index is -0.249. The van der Waals surface area contributed by atoms with Gasteiger partial charge in [-0.1, -0.05) is 59.6 Å². The second kappa shape index (κ2) is 15.5. The highest BCUT2D eigenvalue weighted by Crippen LogP contribution is 2.42. The Kier molecular flexibility index (Phi) is 10.9. The second-order valence-electron chi connectivity index (χ2n) is 12.4. The standard InChI is InChI=1S/C36H39Cl2N7O4/c1-48-35-27(11-3-6-21-14-15-31(46)43-21)41-17-28(44-35)25-9-4-7-23(32(25)37)24-8-5-10-26(33(24)38)29-18-42-30(36(45-29)49-2)19-40-22-13-12-20(16-22)34(39)47/h4-5,7-10,17-18,20-22,40H,3,6,11-16,19H2,1-2H3,(H2,39,47)(H,43,46)/t20?,21-,22-/m1/s1. The Hall–Kier alpha value is -4.32. The van der Waals surface area contributed by atoms with Crippen LogP contribution in [0.5, 0.6) is 11.8 Å². The van der Waals surface area contributed by atoms with Crippen LogP contribution in [0.2, 0.25) is 10.0 Å². The summed E-state index contributed by atoms with van der Waals surface area (Å²) < 4.78 is 11.2. The monoisotopic (exact) mass is 703 g/mol. The van der Waals surface area contributed by atoms with E-state index in [0.717, 1.165) is 48.9 Å². The lowest BCUT2D eigenvalue weighted by Gasteiger charge is -2.16. The van der Waals surface area contributed by atoms with Crippen LogP contribution in [-0.2, 0) is 22.6 Å². The molecule has 2 aromatic heterocycles. The summed E-state index contributed by atoms with van der Waals surface area (Å²) in [4.78, 5) is 41.9. The molecule has 3 atom stereocenters. The van der Waals surface area contributed by atoms with Gasteiger partial charge >= 0.3 is 0 Å². The number of rotatable bonds is 13. The van der Waals surface area contributed by atoms with E-state index in [4.69, 9.17) is 48.4 Å². The van der Waals surface area contributed by atoms with Gasteiger partial charge in [-0.05, 0) is 44.9 Å². The van der Waals surface area contributed by atoms with Crippen molar-refractivity contribution in [1.29, 1.82) is 0 Å². The van der Waals surface area contributed by atoms with Crippen molar-refractivity contribution < 1.29 is 19.1 Å². The van der Waals surface area contributed by atoms with Gasteiger partial charge in [-0.3, -0.25) is 19.6 Å². The van der Waals surface area contributed by atoms with Crippen LogP contribution in [0.3, 0.4) is 0 Å². The van der Waals surface area contributed by atoms with Crippen LogP contribution in [0.4, 0.5) is 0 Å². The van der Waals surface area contributed by atoms with Crippen LogP contribution in [0.25, 0.3) is 33.6 Å². The van der Waals surface area contributed by atoms with Gasteiger partial charge in [-0.2, -0.15) is 0 Å². The summed E-state index contributed by atoms with van der Waals surface area (Å²) in [6.07, 6.45) is 9.64. The lowest BCUT2D eigenvalue weighted by molar-refractivity contribution is -0.121. The maximum absolute atomic E-state index is 11.6. The lowest BCUT2D eigenvalue weighted by atomic mass is 9.98. The normalized spacial score (nSPS) is 18.8. The summed E-state index contributed by atoms with van der Waals surface area (Å²) in [6, 6.07) is 11.8. The molecule has 49 heavy (non-hydrogen) atoms. The predicted octanol–water partition coefficient (Wildman–Crippen LogP) is 5.94. The highest BCUT2D eigenvalue weighted by atomic mass is 35.5. The zero-order valence-corrected chi connectivity index (χ0v) is 29.0. The van der Waals surface area contributed by atoms with Crippen molar-refractivity contribution in [2.24, 2.45) is 11.7 Å². The topological polar surface area (TPSA) is 154 Å². The SMILES string of the molecule is COc1nc(-c2cccc(-c3cccc(-c4cnc(CN[C@@H]5CCC(C(N)=O)C5)c(OC)n4)c3Cl)c2Cl)cnc1CCC[C@@H]1CCC(=O)N1. The Morgan fingerprint density at radius 1 is 0.898 bits per heavy atom. The number of benzene rings is 2. The third-order valence-electron chi connectivity index (χ3n) is 9.29. The summed E-state index contributed by atoms with van der Waals surface area (Å²) in [5.74, 6) is 0.604. The van der Waals surface area contributed by atoms with E-state index in [9.17, 15) is 9.59 Å². The van der Waals surface area contributed by atoms with Gasteiger partial charge in [0.1, 0.15) is 11.4 Å². The second-order valence-corrected chi connectivity index (χ2v) is 13.2. The molecule has 1 saturated carbocycles. The number of nitrogens with one attached hydrogen (secondary N) is 2. The highest BCUT2D eigenvalue weighted by Gasteiger charge is 2.28. The number of hydrogen-bond donors (Lipinski definition) is 3. The number of ether oxygens (including phenoxy) is 2. The number of nitrogens with two attached hydrogens (primary N) is 1. The van der Waals surface area contributed by atoms with E-state index >= 15 is 0 Å². The van der Waals surface area contributed by atoms with Gasteiger partial charge in [-0.25, -0.2) is 9.97 Å². The van der Waals surface area contributed by atoms with Crippen LogP contribution in [0.1, 0.15) is 56.3 Å². The molecule has 1 unspecified atom stereocenters. The van der Waals surface area contributed by atoms with Crippen LogP contribution >= 0.6 is 23.2 Å². The smallest absolute Gasteiger partial charge is 0.237 e. The highest BCUT2D eigenvalue weighted by molar-refractivity contribution is 6.39. The first-order valence-electron chi connectivity index (χ1n) is 16.5. The fourth-order valence-electron chi connectivity index (χ4n) is 6.63. The quantitative estimate of drug-likeness (QED) is 0.154. The first-order valence-corrected chi connectivity index (χ1v) is 17.2. The van der Waals surface area contributed by atoms with Crippen LogP contribution < -0.4 is 25.8 Å². The van der Waals surface area contributed by atoms with Gasteiger partial charge in [0.2, 0.25) is 23.6 Å². The van der Waals surface area contributed by atoms with Crippen LogP contribution in [0, 0.1) is 5.92 Å². The van der Waals surface area contributed by atoms with Crippen molar-refractivity contribution in [1.82, 2.24) is 30.6 Å². The molecule has 6 rings (SSSR count). The number of aromatic nitrogens is 4. The summed E-state index contributed by atoms with van der Waals surface area (Å²) >= 11 is 14.1. The number of methoxy groups -OCH3 is 2. The number of carbonyl (C=O) groups excluding carboxylic acids is 2. The Labute approximate surface area is 295 Å². The molecular formula is C36H39Cl2N7O4. The molecule has 2 amide bonds. The number of hydrogen-bond acceptors (Lipinski definition) is 9. The molecule has 11 nitrogen and oxygen atoms in total. The minimum Gasteiger partial charge on any atom is -0.480 e. The Balaban J connectivity index is 1.20. The van der Waals surface area contributed by atoms with Crippen molar-refractivity contribution in [3.05, 3.63) is 70.2 Å². The molecule has 0 spiro atoms. The molecule has 1 aliphatic heterocycles. The molecule has 256 valence electrons. The zero-order chi connectivity index (χ0) is 34.5. The van der Waals surface area contributed by atoms with Crippen LogP contribution in [0.15, 0.2) is 48.8 Å². The summed E-state index contributed by atoms with van der Waals surface area (Å²) in [7, 11) is 3.13. The predicted molar refractivity (Wildman–Crippen MR) is 188 cm³/mol. The van der Waals surface area contributed by atoms with Crippen molar-refractivity contribution in [2.75, 3.05) is 14.2 Å². The van der Waals surface area contributed by atoms with Crippen molar-refractivity contribution in [3.8, 4) is 45.4 Å². The fraction of sp³-hybridized carbons (Fsp3) is 0.389. The number of halogens is 2. The van der Waals surface area contributed by atoms with Crippen molar-refractivity contribution >= 4 is 35.0 Å². The number of primary amides is 1. The Morgan fingerprint density at radius 2 is 1.49 bits per heavy atom. The van der Waals surface area contributed by atoms with Gasteiger partial charge in [0.15, 0.2) is 0 Å². The molecule has 0 bridgehead atoms. The third kappa shape index (κ3) is 7.79. The molecule has 4 N–H and O–H groups in total. The van der Waals surface area contributed by atoms with E-state index in [1.807, 2.05) is 36.4 Å². The van der Waals surface area contributed by atoms with E-state index in [0.29, 0.717) is 75.8 Å². The average Bonchev–Trinajstić information content (AvgIpc) is 3.77. The third-order valence-corrected chi connectivity index (χ3v) is 10.1. The largest absolute Gasteiger partial charge is 0.480 e. The van der Waals surface area contributed by atoms with E-state index in [2.05, 4.69) is 20.6 Å². The van der Waals surface area contributed by atoms with Gasteiger partial charge in [0.25, 0.3) is 0 Å². The molecule has 2 aromatic carbocycles. The van der Waals surface area contributed by atoms with Crippen molar-refractivity contribution in [3.63, 3.8) is 0 Å². The number of nitrogens with zero attached hydrogens (tertiary/aromatic N) is 4. The van der Waals surface area contributed by atoms with E-state index < -0.39 is 0 Å². The van der Waals surface area contributed by atoms with Gasteiger partial charge in [0, 0.05) is 53.2 Å². The molecule has 13 heteroatoms. The maximum atomic E-state index is 11.6. The minimum absolute atomic E-state index is 0.0951. The summed E-state index contributed by atoms with van der Waals surface area (Å²) in [5, 5.41) is 7.40. The Morgan fingerprint density at radius 3 is 2.04 bits per heavy atom.